The van der Waals surface area contributed by atoms with Crippen LogP contribution in [0.3, 0.4) is 0 Å². The predicted molar refractivity (Wildman–Crippen MR) is 75.3 cm³/mol. The fraction of sp³-hybridized carbons (Fsp3) is 0.583. The van der Waals surface area contributed by atoms with Crippen LogP contribution in [-0.2, 0) is 0 Å². The van der Waals surface area contributed by atoms with Gasteiger partial charge < -0.3 is 20.7 Å². The molecule has 104 valence electrons. The Morgan fingerprint density at radius 2 is 2.26 bits per heavy atom. The fourth-order valence-corrected chi connectivity index (χ4v) is 1.88. The second-order valence-electron chi connectivity index (χ2n) is 4.44. The van der Waals surface area contributed by atoms with Gasteiger partial charge >= 0.3 is 0 Å². The Labute approximate surface area is 111 Å². The number of aromatic amines is 1. The van der Waals surface area contributed by atoms with E-state index in [2.05, 4.69) is 37.5 Å². The van der Waals surface area contributed by atoms with Gasteiger partial charge in [0, 0.05) is 19.2 Å². The Balaban J connectivity index is 2.21. The first-order valence-electron chi connectivity index (χ1n) is 6.57. The van der Waals surface area contributed by atoms with Crippen molar-refractivity contribution < 1.29 is 5.11 Å². The number of hydrogen-bond donors (Lipinski definition) is 4. The van der Waals surface area contributed by atoms with Gasteiger partial charge in [-0.1, -0.05) is 0 Å². The Kier molecular flexibility index (Phi) is 4.51. The molecule has 1 unspecified atom stereocenters. The third-order valence-electron chi connectivity index (χ3n) is 2.80. The van der Waals surface area contributed by atoms with Crippen LogP contribution in [0.25, 0.3) is 11.2 Å². The van der Waals surface area contributed by atoms with Crippen LogP contribution in [0.15, 0.2) is 6.33 Å². The summed E-state index contributed by atoms with van der Waals surface area (Å²) in [6.45, 7) is 5.02. The third kappa shape index (κ3) is 3.31. The van der Waals surface area contributed by atoms with Crippen LogP contribution in [0.1, 0.15) is 26.7 Å². The van der Waals surface area contributed by atoms with Crippen molar-refractivity contribution in [1.82, 2.24) is 19.9 Å². The van der Waals surface area contributed by atoms with Gasteiger partial charge in [-0.2, -0.15) is 9.97 Å². The number of nitrogens with zero attached hydrogens (tertiary/aromatic N) is 3. The second kappa shape index (κ2) is 6.33. The number of anilines is 2. The van der Waals surface area contributed by atoms with Gasteiger partial charge in [0.2, 0.25) is 5.95 Å². The number of rotatable bonds is 7. The first-order valence-corrected chi connectivity index (χ1v) is 6.57. The maximum atomic E-state index is 8.85. The number of imidazole rings is 1. The van der Waals surface area contributed by atoms with E-state index in [1.807, 2.05) is 6.92 Å². The van der Waals surface area contributed by atoms with Crippen LogP contribution in [0, 0.1) is 0 Å². The number of H-pyrrole nitrogens is 1. The summed E-state index contributed by atoms with van der Waals surface area (Å²) in [5, 5.41) is 15.3. The molecule has 0 saturated carbocycles. The zero-order valence-corrected chi connectivity index (χ0v) is 11.3. The van der Waals surface area contributed by atoms with E-state index in [4.69, 9.17) is 5.11 Å². The topological polar surface area (TPSA) is 98.8 Å². The van der Waals surface area contributed by atoms with Gasteiger partial charge in [-0.15, -0.1) is 0 Å². The summed E-state index contributed by atoms with van der Waals surface area (Å²) in [5.41, 5.74) is 1.44. The fourth-order valence-electron chi connectivity index (χ4n) is 1.88. The van der Waals surface area contributed by atoms with Gasteiger partial charge in [-0.25, -0.2) is 4.98 Å². The van der Waals surface area contributed by atoms with Gasteiger partial charge in [-0.3, -0.25) is 0 Å². The van der Waals surface area contributed by atoms with E-state index >= 15 is 0 Å². The molecule has 4 N–H and O–H groups in total. The van der Waals surface area contributed by atoms with Crippen LogP contribution in [0.4, 0.5) is 11.8 Å². The lowest BCUT2D eigenvalue weighted by molar-refractivity contribution is 0.282. The minimum absolute atomic E-state index is 0.206. The highest BCUT2D eigenvalue weighted by atomic mass is 16.2. The van der Waals surface area contributed by atoms with Crippen LogP contribution in [0.5, 0.6) is 0 Å². The van der Waals surface area contributed by atoms with E-state index in [1.165, 1.54) is 0 Å². The lowest BCUT2D eigenvalue weighted by atomic mass is 10.2. The van der Waals surface area contributed by atoms with Crippen molar-refractivity contribution in [1.29, 1.82) is 0 Å². The molecule has 0 aliphatic rings. The maximum Gasteiger partial charge on any atom is 0.226 e. The quantitative estimate of drug-likeness (QED) is 0.602. The van der Waals surface area contributed by atoms with Crippen molar-refractivity contribution in [2.24, 2.45) is 0 Å². The van der Waals surface area contributed by atoms with E-state index < -0.39 is 0 Å². The van der Waals surface area contributed by atoms with Crippen molar-refractivity contribution in [2.45, 2.75) is 32.7 Å². The van der Waals surface area contributed by atoms with Crippen LogP contribution >= 0.6 is 0 Å². The summed E-state index contributed by atoms with van der Waals surface area (Å²) >= 11 is 0. The molecule has 0 aliphatic heterocycles. The maximum absolute atomic E-state index is 8.85. The average Bonchev–Trinajstić information content (AvgIpc) is 2.85. The molecule has 7 nitrogen and oxygen atoms in total. The number of hydrogen-bond acceptors (Lipinski definition) is 6. The highest BCUT2D eigenvalue weighted by Crippen LogP contribution is 2.19. The minimum Gasteiger partial charge on any atom is -0.396 e. The molecule has 0 bridgehead atoms. The van der Waals surface area contributed by atoms with E-state index in [0.29, 0.717) is 11.6 Å². The monoisotopic (exact) mass is 264 g/mol. The van der Waals surface area contributed by atoms with Crippen molar-refractivity contribution in [3.8, 4) is 0 Å². The van der Waals surface area contributed by atoms with Gasteiger partial charge in [0.15, 0.2) is 11.5 Å². The molecule has 0 spiro atoms. The average molecular weight is 264 g/mol. The van der Waals surface area contributed by atoms with E-state index in [0.717, 1.165) is 30.7 Å². The molecule has 7 heteroatoms. The first kappa shape index (κ1) is 13.5. The summed E-state index contributed by atoms with van der Waals surface area (Å²) < 4.78 is 0. The molecular formula is C12H20N6O. The summed E-state index contributed by atoms with van der Waals surface area (Å²) in [4.78, 5) is 16.0. The number of aliphatic hydroxyl groups is 1. The molecule has 19 heavy (non-hydrogen) atoms. The summed E-state index contributed by atoms with van der Waals surface area (Å²) in [6, 6.07) is 0.225. The first-order chi connectivity index (χ1) is 9.24. The highest BCUT2D eigenvalue weighted by molar-refractivity contribution is 5.83. The zero-order chi connectivity index (χ0) is 13.7. The van der Waals surface area contributed by atoms with Crippen molar-refractivity contribution in [3.63, 3.8) is 0 Å². The Morgan fingerprint density at radius 1 is 1.42 bits per heavy atom. The highest BCUT2D eigenvalue weighted by Gasteiger charge is 2.11. The molecule has 2 heterocycles. The van der Waals surface area contributed by atoms with Crippen molar-refractivity contribution in [3.05, 3.63) is 6.33 Å². The molecule has 0 fully saturated rings. The molecular weight excluding hydrogens is 244 g/mol. The summed E-state index contributed by atoms with van der Waals surface area (Å²) in [7, 11) is 0. The number of nitrogens with one attached hydrogen (secondary N) is 3. The molecule has 2 aromatic heterocycles. The largest absolute Gasteiger partial charge is 0.396 e. The Bertz CT molecular complexity index is 526. The van der Waals surface area contributed by atoms with Gasteiger partial charge in [0.1, 0.15) is 5.52 Å². The standard InChI is InChI=1S/C12H20N6O/c1-3-13-12-17-10-9(14-7-15-10)11(18-12)16-8(2)5-4-6-19/h7-8,19H,3-6H2,1-2H3,(H3,13,14,15,16,17,18). The van der Waals surface area contributed by atoms with Crippen molar-refractivity contribution in [2.75, 3.05) is 23.8 Å². The lowest BCUT2D eigenvalue weighted by Gasteiger charge is -2.15. The summed E-state index contributed by atoms with van der Waals surface area (Å²) in [6.07, 6.45) is 3.26. The molecule has 0 aromatic carbocycles. The SMILES string of the molecule is CCNc1nc(NC(C)CCCO)c2[nH]cnc2n1. The lowest BCUT2D eigenvalue weighted by Crippen LogP contribution is -2.17. The van der Waals surface area contributed by atoms with Gasteiger partial charge in [-0.05, 0) is 26.7 Å². The molecule has 2 rings (SSSR count). The van der Waals surface area contributed by atoms with Crippen LogP contribution in [-0.4, -0.2) is 44.2 Å². The minimum atomic E-state index is 0.206. The van der Waals surface area contributed by atoms with Crippen LogP contribution < -0.4 is 10.6 Å². The predicted octanol–water partition coefficient (Wildman–Crippen LogP) is 1.36. The van der Waals surface area contributed by atoms with Gasteiger partial charge in [0.25, 0.3) is 0 Å². The smallest absolute Gasteiger partial charge is 0.226 e. The van der Waals surface area contributed by atoms with E-state index in [-0.39, 0.29) is 12.6 Å². The van der Waals surface area contributed by atoms with Gasteiger partial charge in [0.05, 0.1) is 6.33 Å². The third-order valence-corrected chi connectivity index (χ3v) is 2.80. The molecule has 0 amide bonds. The molecule has 2 aromatic rings. The number of aliphatic hydroxyl groups excluding tert-OH is 1. The zero-order valence-electron chi connectivity index (χ0n) is 11.3. The normalized spacial score (nSPS) is 12.6. The number of fused-ring (bicyclic) bond motifs is 1. The number of aromatic nitrogens is 4. The second-order valence-corrected chi connectivity index (χ2v) is 4.44. The molecule has 1 atom stereocenters. The van der Waals surface area contributed by atoms with Crippen LogP contribution in [0.2, 0.25) is 0 Å². The molecule has 0 radical (unpaired) electrons. The Hall–Kier alpha value is -1.89. The van der Waals surface area contributed by atoms with E-state index in [9.17, 15) is 0 Å². The van der Waals surface area contributed by atoms with Crippen molar-refractivity contribution >= 4 is 22.9 Å². The molecule has 0 aliphatic carbocycles. The van der Waals surface area contributed by atoms with E-state index in [1.54, 1.807) is 6.33 Å². The molecule has 0 saturated heterocycles. The Morgan fingerprint density at radius 3 is 3.00 bits per heavy atom. The summed E-state index contributed by atoms with van der Waals surface area (Å²) in [5.74, 6) is 1.31.